The molecule has 8 nitrogen and oxygen atoms in total. The third kappa shape index (κ3) is 6.72. The maximum absolute atomic E-state index is 12.8. The van der Waals surface area contributed by atoms with E-state index in [1.165, 1.54) is 19.2 Å². The van der Waals surface area contributed by atoms with Gasteiger partial charge >= 0.3 is 6.36 Å². The standard InChI is InChI=1S/C24H24F3N5O3/c1-34-23(17-4-2-6-20(13-17)35-24(25,26)27)21(33)14-19-7-8-22(31-30-19)32-11-9-16(15-32)12-18-5-3-10-28-29-18/h2-8,10,13,16,23H,9,11-12,14-15H2,1H3/t16-,23+/m0/s1. The van der Waals surface area contributed by atoms with Crippen LogP contribution in [0.25, 0.3) is 0 Å². The van der Waals surface area contributed by atoms with Gasteiger partial charge in [0, 0.05) is 26.4 Å². The minimum absolute atomic E-state index is 0.0779. The van der Waals surface area contributed by atoms with E-state index in [0.29, 0.717) is 11.6 Å². The molecule has 1 aliphatic rings. The quantitative estimate of drug-likeness (QED) is 0.451. The van der Waals surface area contributed by atoms with Crippen molar-refractivity contribution in [3.8, 4) is 5.75 Å². The van der Waals surface area contributed by atoms with Crippen LogP contribution in [-0.2, 0) is 22.4 Å². The van der Waals surface area contributed by atoms with Gasteiger partial charge in [0.05, 0.1) is 17.8 Å². The molecule has 2 atom stereocenters. The molecule has 4 rings (SSSR count). The predicted octanol–water partition coefficient (Wildman–Crippen LogP) is 3.73. The van der Waals surface area contributed by atoms with Gasteiger partial charge in [-0.05, 0) is 60.7 Å². The first-order chi connectivity index (χ1) is 16.8. The topological polar surface area (TPSA) is 90.3 Å². The van der Waals surface area contributed by atoms with Crippen LogP contribution in [0.1, 0.15) is 29.5 Å². The van der Waals surface area contributed by atoms with Crippen LogP contribution >= 0.6 is 0 Å². The average Bonchev–Trinajstić information content (AvgIpc) is 3.28. The van der Waals surface area contributed by atoms with Crippen molar-refractivity contribution in [2.45, 2.75) is 31.7 Å². The van der Waals surface area contributed by atoms with Gasteiger partial charge in [-0.3, -0.25) is 4.79 Å². The van der Waals surface area contributed by atoms with Gasteiger partial charge in [0.1, 0.15) is 11.9 Å². The smallest absolute Gasteiger partial charge is 0.406 e. The van der Waals surface area contributed by atoms with E-state index in [-0.39, 0.29) is 17.8 Å². The zero-order chi connectivity index (χ0) is 24.8. The Balaban J connectivity index is 1.36. The number of carbonyl (C=O) groups is 1. The molecule has 1 fully saturated rings. The molecule has 0 spiro atoms. The summed E-state index contributed by atoms with van der Waals surface area (Å²) in [6.45, 7) is 1.67. The number of rotatable bonds is 9. The van der Waals surface area contributed by atoms with Gasteiger partial charge in [0.15, 0.2) is 11.6 Å². The van der Waals surface area contributed by atoms with Gasteiger partial charge < -0.3 is 14.4 Å². The van der Waals surface area contributed by atoms with E-state index in [1.807, 2.05) is 18.2 Å². The first-order valence-electron chi connectivity index (χ1n) is 11.1. The lowest BCUT2D eigenvalue weighted by Gasteiger charge is -2.18. The Morgan fingerprint density at radius 1 is 1.11 bits per heavy atom. The van der Waals surface area contributed by atoms with E-state index in [4.69, 9.17) is 4.74 Å². The lowest BCUT2D eigenvalue weighted by atomic mass is 10.0. The molecule has 1 aromatic carbocycles. The molecule has 3 aromatic rings. The highest BCUT2D eigenvalue weighted by molar-refractivity contribution is 5.86. The summed E-state index contributed by atoms with van der Waals surface area (Å²) in [5.74, 6) is 0.388. The zero-order valence-electron chi connectivity index (χ0n) is 19.0. The maximum Gasteiger partial charge on any atom is 0.573 e. The summed E-state index contributed by atoms with van der Waals surface area (Å²) in [7, 11) is 1.32. The van der Waals surface area contributed by atoms with Crippen LogP contribution in [0.4, 0.5) is 19.0 Å². The maximum atomic E-state index is 12.8. The highest BCUT2D eigenvalue weighted by Gasteiger charge is 2.32. The zero-order valence-corrected chi connectivity index (χ0v) is 19.0. The van der Waals surface area contributed by atoms with Gasteiger partial charge in [-0.25, -0.2) is 0 Å². The largest absolute Gasteiger partial charge is 0.573 e. The number of Topliss-reactive ketones (excluding diaryl/α,β-unsaturated/α-hetero) is 1. The van der Waals surface area contributed by atoms with Gasteiger partial charge in [-0.15, -0.1) is 18.3 Å². The molecule has 35 heavy (non-hydrogen) atoms. The Morgan fingerprint density at radius 3 is 2.66 bits per heavy atom. The summed E-state index contributed by atoms with van der Waals surface area (Å²) in [5, 5.41) is 16.5. The van der Waals surface area contributed by atoms with Crippen LogP contribution in [0.3, 0.4) is 0 Å². The molecule has 3 heterocycles. The van der Waals surface area contributed by atoms with Gasteiger partial charge in [-0.1, -0.05) is 12.1 Å². The second kappa shape index (κ2) is 10.8. The SMILES string of the molecule is CO[C@@H](C(=O)Cc1ccc(N2CC[C@@H](Cc3cccnn3)C2)nn1)c1cccc(OC(F)(F)F)c1. The van der Waals surface area contributed by atoms with E-state index < -0.39 is 18.2 Å². The molecule has 184 valence electrons. The molecule has 1 aliphatic heterocycles. The molecule has 0 bridgehead atoms. The summed E-state index contributed by atoms with van der Waals surface area (Å²) < 4.78 is 46.8. The first-order valence-corrected chi connectivity index (χ1v) is 11.1. The third-order valence-corrected chi connectivity index (χ3v) is 5.72. The van der Waals surface area contributed by atoms with Crippen molar-refractivity contribution in [1.82, 2.24) is 20.4 Å². The Kier molecular flexibility index (Phi) is 7.54. The van der Waals surface area contributed by atoms with E-state index in [0.717, 1.165) is 49.6 Å². The van der Waals surface area contributed by atoms with Gasteiger partial charge in [-0.2, -0.15) is 15.3 Å². The Labute approximate surface area is 200 Å². The third-order valence-electron chi connectivity index (χ3n) is 5.72. The van der Waals surface area contributed by atoms with Crippen molar-refractivity contribution in [2.24, 2.45) is 5.92 Å². The van der Waals surface area contributed by atoms with Crippen molar-refractivity contribution < 1.29 is 27.4 Å². The van der Waals surface area contributed by atoms with Crippen molar-refractivity contribution in [3.05, 3.63) is 71.7 Å². The summed E-state index contributed by atoms with van der Waals surface area (Å²) in [5.41, 5.74) is 1.66. The number of ketones is 1. The Bertz CT molecular complexity index is 1130. The van der Waals surface area contributed by atoms with Crippen LogP contribution in [0, 0.1) is 5.92 Å². The summed E-state index contributed by atoms with van der Waals surface area (Å²) in [4.78, 5) is 15.0. The van der Waals surface area contributed by atoms with Crippen LogP contribution in [0.15, 0.2) is 54.7 Å². The van der Waals surface area contributed by atoms with Crippen molar-refractivity contribution >= 4 is 11.6 Å². The molecule has 2 aromatic heterocycles. The minimum atomic E-state index is -4.83. The van der Waals surface area contributed by atoms with E-state index in [2.05, 4.69) is 30.0 Å². The lowest BCUT2D eigenvalue weighted by molar-refractivity contribution is -0.274. The molecule has 0 saturated carbocycles. The number of nitrogens with zero attached hydrogens (tertiary/aromatic N) is 5. The van der Waals surface area contributed by atoms with Gasteiger partial charge in [0.25, 0.3) is 0 Å². The molecule has 0 N–H and O–H groups in total. The fourth-order valence-electron chi connectivity index (χ4n) is 4.16. The number of alkyl halides is 3. The normalized spacial score (nSPS) is 16.8. The number of hydrogen-bond donors (Lipinski definition) is 0. The molecule has 11 heteroatoms. The highest BCUT2D eigenvalue weighted by Crippen LogP contribution is 2.28. The summed E-state index contributed by atoms with van der Waals surface area (Å²) in [6.07, 6.45) is -2.46. The molecule has 0 amide bonds. The minimum Gasteiger partial charge on any atom is -0.406 e. The van der Waals surface area contributed by atoms with Gasteiger partial charge in [0.2, 0.25) is 0 Å². The second-order valence-electron chi connectivity index (χ2n) is 8.28. The second-order valence-corrected chi connectivity index (χ2v) is 8.28. The van der Waals surface area contributed by atoms with Crippen LogP contribution in [0.5, 0.6) is 5.75 Å². The van der Waals surface area contributed by atoms with E-state index in [1.54, 1.807) is 12.3 Å². The number of hydrogen-bond acceptors (Lipinski definition) is 8. The predicted molar refractivity (Wildman–Crippen MR) is 120 cm³/mol. The average molecular weight is 487 g/mol. The molecule has 0 radical (unpaired) electrons. The number of aromatic nitrogens is 4. The molecule has 0 aliphatic carbocycles. The van der Waals surface area contributed by atoms with Crippen LogP contribution in [0.2, 0.25) is 0 Å². The monoisotopic (exact) mass is 487 g/mol. The van der Waals surface area contributed by atoms with E-state index in [9.17, 15) is 18.0 Å². The molecular weight excluding hydrogens is 463 g/mol. The number of ether oxygens (including phenoxy) is 2. The molecular formula is C24H24F3N5O3. The van der Waals surface area contributed by atoms with Crippen molar-refractivity contribution in [3.63, 3.8) is 0 Å². The number of benzene rings is 1. The Morgan fingerprint density at radius 2 is 1.97 bits per heavy atom. The summed E-state index contributed by atoms with van der Waals surface area (Å²) in [6, 6.07) is 12.6. The highest BCUT2D eigenvalue weighted by atomic mass is 19.4. The molecule has 1 saturated heterocycles. The van der Waals surface area contributed by atoms with Crippen LogP contribution < -0.4 is 9.64 Å². The molecule has 0 unspecified atom stereocenters. The first kappa shape index (κ1) is 24.5. The number of methoxy groups -OCH3 is 1. The summed E-state index contributed by atoms with van der Waals surface area (Å²) >= 11 is 0. The fourth-order valence-corrected chi connectivity index (χ4v) is 4.16. The Hall–Kier alpha value is -3.60. The van der Waals surface area contributed by atoms with Crippen molar-refractivity contribution in [1.29, 1.82) is 0 Å². The van der Waals surface area contributed by atoms with Crippen LogP contribution in [-0.4, -0.2) is 52.7 Å². The fraction of sp³-hybridized carbons (Fsp3) is 0.375. The van der Waals surface area contributed by atoms with Crippen molar-refractivity contribution in [2.75, 3.05) is 25.1 Å². The lowest BCUT2D eigenvalue weighted by Crippen LogP contribution is -2.22. The van der Waals surface area contributed by atoms with E-state index >= 15 is 0 Å². The number of anilines is 1. The number of carbonyl (C=O) groups excluding carboxylic acids is 1. The number of halogens is 3.